The van der Waals surface area contributed by atoms with Gasteiger partial charge in [0.25, 0.3) is 5.91 Å². The Hall–Kier alpha value is -2.17. The minimum Gasteiger partial charge on any atom is -0.345 e. The van der Waals surface area contributed by atoms with Crippen molar-refractivity contribution in [2.24, 2.45) is 13.0 Å². The van der Waals surface area contributed by atoms with Gasteiger partial charge in [0.05, 0.1) is 17.8 Å². The average molecular weight is 301 g/mol. The molecular formula is C17H20FN3O. The van der Waals surface area contributed by atoms with Crippen molar-refractivity contribution in [3.63, 3.8) is 0 Å². The quantitative estimate of drug-likeness (QED) is 0.943. The molecule has 1 aromatic carbocycles. The number of amides is 1. The third-order valence-electron chi connectivity index (χ3n) is 4.62. The fourth-order valence-electron chi connectivity index (χ4n) is 2.86. The number of aromatic nitrogens is 2. The second-order valence-electron chi connectivity index (χ2n) is 5.96. The monoisotopic (exact) mass is 301 g/mol. The van der Waals surface area contributed by atoms with Crippen molar-refractivity contribution in [1.82, 2.24) is 15.1 Å². The molecule has 1 unspecified atom stereocenters. The number of benzene rings is 1. The molecule has 0 spiro atoms. The third-order valence-corrected chi connectivity index (χ3v) is 4.62. The smallest absolute Gasteiger partial charge is 0.255 e. The number of hydrogen-bond acceptors (Lipinski definition) is 2. The van der Waals surface area contributed by atoms with E-state index in [0.717, 1.165) is 24.1 Å². The van der Waals surface area contributed by atoms with Gasteiger partial charge in [-0.15, -0.1) is 0 Å². The van der Waals surface area contributed by atoms with E-state index in [-0.39, 0.29) is 17.8 Å². The number of nitrogens with zero attached hydrogens (tertiary/aromatic N) is 2. The highest BCUT2D eigenvalue weighted by atomic mass is 19.1. The third kappa shape index (κ3) is 2.75. The highest BCUT2D eigenvalue weighted by Crippen LogP contribution is 2.38. The van der Waals surface area contributed by atoms with Gasteiger partial charge in [-0.05, 0) is 43.4 Å². The zero-order valence-electron chi connectivity index (χ0n) is 12.8. The summed E-state index contributed by atoms with van der Waals surface area (Å²) in [6.07, 6.45) is 4.96. The summed E-state index contributed by atoms with van der Waals surface area (Å²) in [7, 11) is 1.81. The Morgan fingerprint density at radius 3 is 2.55 bits per heavy atom. The van der Waals surface area contributed by atoms with Crippen molar-refractivity contribution in [1.29, 1.82) is 0 Å². The van der Waals surface area contributed by atoms with Gasteiger partial charge in [-0.3, -0.25) is 9.48 Å². The maximum absolute atomic E-state index is 13.1. The van der Waals surface area contributed by atoms with Crippen LogP contribution < -0.4 is 5.32 Å². The van der Waals surface area contributed by atoms with E-state index in [4.69, 9.17) is 0 Å². The summed E-state index contributed by atoms with van der Waals surface area (Å²) >= 11 is 0. The number of hydrogen-bond donors (Lipinski definition) is 1. The van der Waals surface area contributed by atoms with E-state index in [2.05, 4.69) is 10.4 Å². The van der Waals surface area contributed by atoms with E-state index in [9.17, 15) is 9.18 Å². The molecule has 0 bridgehead atoms. The highest BCUT2D eigenvalue weighted by Gasteiger charge is 2.30. The molecule has 1 fully saturated rings. The van der Waals surface area contributed by atoms with Gasteiger partial charge in [-0.2, -0.15) is 5.10 Å². The molecule has 116 valence electrons. The molecular weight excluding hydrogens is 281 g/mol. The van der Waals surface area contributed by atoms with E-state index in [0.29, 0.717) is 11.5 Å². The molecule has 1 amide bonds. The lowest BCUT2D eigenvalue weighted by atomic mass is 9.77. The van der Waals surface area contributed by atoms with E-state index < -0.39 is 0 Å². The largest absolute Gasteiger partial charge is 0.345 e. The van der Waals surface area contributed by atoms with Crippen LogP contribution in [0.4, 0.5) is 4.39 Å². The van der Waals surface area contributed by atoms with Crippen LogP contribution in [0.2, 0.25) is 0 Å². The topological polar surface area (TPSA) is 46.9 Å². The Morgan fingerprint density at radius 2 is 2.05 bits per heavy atom. The summed E-state index contributed by atoms with van der Waals surface area (Å²) in [5.74, 6) is 0.0451. The summed E-state index contributed by atoms with van der Waals surface area (Å²) in [4.78, 5) is 12.5. The molecule has 1 heterocycles. The second-order valence-corrected chi connectivity index (χ2v) is 5.96. The van der Waals surface area contributed by atoms with Gasteiger partial charge >= 0.3 is 0 Å². The Labute approximate surface area is 129 Å². The van der Waals surface area contributed by atoms with Crippen LogP contribution in [0.3, 0.4) is 0 Å². The number of nitrogens with one attached hydrogen (secondary N) is 1. The van der Waals surface area contributed by atoms with Gasteiger partial charge in [0.2, 0.25) is 0 Å². The molecule has 1 atom stereocenters. The molecule has 3 rings (SSSR count). The lowest BCUT2D eigenvalue weighted by molar-refractivity contribution is 0.0900. The van der Waals surface area contributed by atoms with Gasteiger partial charge < -0.3 is 5.32 Å². The van der Waals surface area contributed by atoms with Crippen molar-refractivity contribution < 1.29 is 9.18 Å². The maximum atomic E-state index is 13.1. The number of halogens is 1. The van der Waals surface area contributed by atoms with Gasteiger partial charge in [-0.25, -0.2) is 4.39 Å². The Morgan fingerprint density at radius 1 is 1.36 bits per heavy atom. The van der Waals surface area contributed by atoms with Crippen molar-refractivity contribution in [3.8, 4) is 0 Å². The molecule has 1 aliphatic rings. The first-order valence-electron chi connectivity index (χ1n) is 7.61. The highest BCUT2D eigenvalue weighted by molar-refractivity contribution is 5.95. The fraction of sp³-hybridized carbons (Fsp3) is 0.412. The van der Waals surface area contributed by atoms with Gasteiger partial charge in [0.15, 0.2) is 0 Å². The molecule has 4 nitrogen and oxygen atoms in total. The first-order valence-corrected chi connectivity index (χ1v) is 7.61. The predicted molar refractivity (Wildman–Crippen MR) is 81.9 cm³/mol. The molecule has 0 saturated heterocycles. The summed E-state index contributed by atoms with van der Waals surface area (Å²) in [5.41, 5.74) is 2.39. The van der Waals surface area contributed by atoms with E-state index in [1.54, 1.807) is 23.0 Å². The van der Waals surface area contributed by atoms with E-state index in [1.807, 2.05) is 14.0 Å². The first-order chi connectivity index (χ1) is 10.6. The molecule has 1 aliphatic carbocycles. The molecule has 1 N–H and O–H groups in total. The summed E-state index contributed by atoms with van der Waals surface area (Å²) < 4.78 is 14.8. The maximum Gasteiger partial charge on any atom is 0.255 e. The Balaban J connectivity index is 1.82. The number of rotatable bonds is 4. The van der Waals surface area contributed by atoms with Gasteiger partial charge in [0.1, 0.15) is 5.82 Å². The molecule has 5 heteroatoms. The first kappa shape index (κ1) is 14.8. The van der Waals surface area contributed by atoms with Gasteiger partial charge in [0, 0.05) is 12.7 Å². The molecule has 2 aromatic rings. The normalized spacial score (nSPS) is 16.1. The minimum absolute atomic E-state index is 0.0681. The van der Waals surface area contributed by atoms with Crippen molar-refractivity contribution in [2.75, 3.05) is 0 Å². The average Bonchev–Trinajstić information content (AvgIpc) is 2.77. The van der Waals surface area contributed by atoms with E-state index >= 15 is 0 Å². The summed E-state index contributed by atoms with van der Waals surface area (Å²) in [5, 5.41) is 7.22. The predicted octanol–water partition coefficient (Wildman–Crippen LogP) is 3.14. The van der Waals surface area contributed by atoms with Crippen molar-refractivity contribution >= 4 is 5.91 Å². The fourth-order valence-corrected chi connectivity index (χ4v) is 2.86. The van der Waals surface area contributed by atoms with Crippen LogP contribution in [0.1, 0.15) is 46.9 Å². The molecule has 1 aromatic heterocycles. The summed E-state index contributed by atoms with van der Waals surface area (Å²) in [6, 6.07) is 6.34. The van der Waals surface area contributed by atoms with Crippen LogP contribution >= 0.6 is 0 Å². The zero-order chi connectivity index (χ0) is 15.7. The lowest BCUT2D eigenvalue weighted by Crippen LogP contribution is -2.36. The van der Waals surface area contributed by atoms with Crippen LogP contribution in [0, 0.1) is 18.7 Å². The zero-order valence-corrected chi connectivity index (χ0v) is 12.8. The van der Waals surface area contributed by atoms with Crippen molar-refractivity contribution in [2.45, 2.75) is 32.2 Å². The Kier molecular flexibility index (Phi) is 3.96. The molecule has 22 heavy (non-hydrogen) atoms. The number of carbonyl (C=O) groups is 1. The molecule has 0 aliphatic heterocycles. The number of carbonyl (C=O) groups excluding carboxylic acids is 1. The minimum atomic E-state index is -0.259. The van der Waals surface area contributed by atoms with Crippen LogP contribution in [0.5, 0.6) is 0 Å². The Bertz CT molecular complexity index is 674. The van der Waals surface area contributed by atoms with Crippen LogP contribution in [-0.2, 0) is 7.05 Å². The van der Waals surface area contributed by atoms with Crippen molar-refractivity contribution in [3.05, 3.63) is 53.1 Å². The van der Waals surface area contributed by atoms with Crippen LogP contribution in [-0.4, -0.2) is 15.7 Å². The van der Waals surface area contributed by atoms with Crippen LogP contribution in [0.25, 0.3) is 0 Å². The van der Waals surface area contributed by atoms with Crippen LogP contribution in [0.15, 0.2) is 30.5 Å². The number of aryl methyl sites for hydroxylation is 1. The van der Waals surface area contributed by atoms with Gasteiger partial charge in [-0.1, -0.05) is 18.6 Å². The lowest BCUT2D eigenvalue weighted by Gasteiger charge is -2.34. The standard InChI is InChI=1S/C17H20FN3O/c1-11-15(10-19-21(11)2)17(22)20-16(12-4-3-5-12)13-6-8-14(18)9-7-13/h6-10,12,16H,3-5H2,1-2H3,(H,20,22). The molecule has 1 saturated carbocycles. The second kappa shape index (κ2) is 5.91. The SMILES string of the molecule is Cc1c(C(=O)NC(c2ccc(F)cc2)C2CCC2)cnn1C. The molecule has 0 radical (unpaired) electrons. The van der Waals surface area contributed by atoms with E-state index in [1.165, 1.54) is 18.6 Å². The summed E-state index contributed by atoms with van der Waals surface area (Å²) in [6.45, 7) is 1.87.